The quantitative estimate of drug-likeness (QED) is 0.779. The first-order valence-electron chi connectivity index (χ1n) is 5.88. The van der Waals surface area contributed by atoms with Crippen molar-refractivity contribution in [3.63, 3.8) is 0 Å². The Kier molecular flexibility index (Phi) is 4.65. The Labute approximate surface area is 120 Å². The molecule has 98 valence electrons. The number of nitrogens with zero attached hydrogens (tertiary/aromatic N) is 1. The molecule has 0 aromatic heterocycles. The van der Waals surface area contributed by atoms with E-state index in [0.717, 1.165) is 5.56 Å². The molecule has 5 heteroatoms. The molecule has 0 radical (unpaired) electrons. The fourth-order valence-corrected chi connectivity index (χ4v) is 2.40. The molecule has 0 saturated carbocycles. The summed E-state index contributed by atoms with van der Waals surface area (Å²) in [7, 11) is 0. The van der Waals surface area contributed by atoms with E-state index in [-0.39, 0.29) is 16.8 Å². The van der Waals surface area contributed by atoms with Crippen molar-refractivity contribution >= 4 is 33.4 Å². The molecule has 1 fully saturated rings. The molecule has 18 heavy (non-hydrogen) atoms. The number of carbonyl (C=O) groups excluding carboxylic acids is 1. The standard InChI is InChI=1S/C13H15BrClNO2/c1-9(14)13(17)16-6-7-18-12(8-16)10-2-4-11(15)5-3-10/h2-5,9,12H,6-8H2,1H3/t9-,12+/m1/s1. The molecular formula is C13H15BrClNO2. The third kappa shape index (κ3) is 3.25. The molecule has 1 amide bonds. The Morgan fingerprint density at radius 2 is 2.17 bits per heavy atom. The molecule has 0 spiro atoms. The SMILES string of the molecule is C[C@@H](Br)C(=O)N1CCO[C@H](c2ccc(Cl)cc2)C1. The Bertz CT molecular complexity index is 422. The summed E-state index contributed by atoms with van der Waals surface area (Å²) < 4.78 is 5.71. The molecule has 0 aliphatic carbocycles. The van der Waals surface area contributed by atoms with E-state index < -0.39 is 0 Å². The molecule has 3 nitrogen and oxygen atoms in total. The van der Waals surface area contributed by atoms with Gasteiger partial charge in [0.1, 0.15) is 6.10 Å². The van der Waals surface area contributed by atoms with Gasteiger partial charge in [-0.15, -0.1) is 0 Å². The van der Waals surface area contributed by atoms with Crippen LogP contribution in [0.5, 0.6) is 0 Å². The second-order valence-corrected chi connectivity index (χ2v) is 6.12. The summed E-state index contributed by atoms with van der Waals surface area (Å²) in [5, 5.41) is 0.705. The Balaban J connectivity index is 2.07. The van der Waals surface area contributed by atoms with Crippen LogP contribution in [0.1, 0.15) is 18.6 Å². The molecule has 2 rings (SSSR count). The molecule has 1 aromatic carbocycles. The summed E-state index contributed by atoms with van der Waals surface area (Å²) in [5.74, 6) is 0.109. The number of morpholine rings is 1. The number of hydrogen-bond donors (Lipinski definition) is 0. The monoisotopic (exact) mass is 331 g/mol. The van der Waals surface area contributed by atoms with Crippen molar-refractivity contribution in [2.45, 2.75) is 17.9 Å². The number of hydrogen-bond acceptors (Lipinski definition) is 2. The molecule has 0 N–H and O–H groups in total. The van der Waals surface area contributed by atoms with Crippen molar-refractivity contribution in [2.75, 3.05) is 19.7 Å². The highest BCUT2D eigenvalue weighted by Gasteiger charge is 2.27. The van der Waals surface area contributed by atoms with Gasteiger partial charge in [0.15, 0.2) is 0 Å². The van der Waals surface area contributed by atoms with Crippen LogP contribution in [0.15, 0.2) is 24.3 Å². The lowest BCUT2D eigenvalue weighted by molar-refractivity contribution is -0.137. The minimum Gasteiger partial charge on any atom is -0.370 e. The van der Waals surface area contributed by atoms with Gasteiger partial charge in [-0.25, -0.2) is 0 Å². The van der Waals surface area contributed by atoms with Crippen LogP contribution in [0.2, 0.25) is 5.02 Å². The molecule has 2 atom stereocenters. The van der Waals surface area contributed by atoms with Gasteiger partial charge in [0.25, 0.3) is 0 Å². The maximum Gasteiger partial charge on any atom is 0.236 e. The van der Waals surface area contributed by atoms with E-state index in [9.17, 15) is 4.79 Å². The fourth-order valence-electron chi connectivity index (χ4n) is 1.98. The smallest absolute Gasteiger partial charge is 0.236 e. The van der Waals surface area contributed by atoms with Gasteiger partial charge in [-0.05, 0) is 24.6 Å². The van der Waals surface area contributed by atoms with Crippen molar-refractivity contribution in [3.05, 3.63) is 34.9 Å². The maximum atomic E-state index is 11.9. The lowest BCUT2D eigenvalue weighted by Gasteiger charge is -2.34. The summed E-state index contributed by atoms with van der Waals surface area (Å²) in [6.45, 7) is 3.66. The third-order valence-corrected chi connectivity index (χ3v) is 3.60. The second kappa shape index (κ2) is 6.04. The Morgan fingerprint density at radius 3 is 2.78 bits per heavy atom. The van der Waals surface area contributed by atoms with Crippen molar-refractivity contribution in [3.8, 4) is 0 Å². The van der Waals surface area contributed by atoms with Crippen molar-refractivity contribution in [1.29, 1.82) is 0 Å². The van der Waals surface area contributed by atoms with E-state index in [1.165, 1.54) is 0 Å². The van der Waals surface area contributed by atoms with E-state index >= 15 is 0 Å². The van der Waals surface area contributed by atoms with Crippen LogP contribution in [0.4, 0.5) is 0 Å². The number of rotatable bonds is 2. The van der Waals surface area contributed by atoms with Gasteiger partial charge in [-0.1, -0.05) is 39.7 Å². The van der Waals surface area contributed by atoms with Crippen LogP contribution >= 0.6 is 27.5 Å². The van der Waals surface area contributed by atoms with E-state index in [2.05, 4.69) is 15.9 Å². The van der Waals surface area contributed by atoms with Gasteiger partial charge in [0.2, 0.25) is 5.91 Å². The van der Waals surface area contributed by atoms with Crippen LogP contribution in [-0.2, 0) is 9.53 Å². The Morgan fingerprint density at radius 1 is 1.50 bits per heavy atom. The summed E-state index contributed by atoms with van der Waals surface area (Å²) in [6.07, 6.45) is -0.0637. The Hall–Kier alpha value is -0.580. The molecule has 1 heterocycles. The summed E-state index contributed by atoms with van der Waals surface area (Å²) in [5.41, 5.74) is 1.05. The first-order valence-corrected chi connectivity index (χ1v) is 7.17. The molecule has 0 bridgehead atoms. The maximum absolute atomic E-state index is 11.9. The van der Waals surface area contributed by atoms with Crippen LogP contribution in [-0.4, -0.2) is 35.3 Å². The van der Waals surface area contributed by atoms with Gasteiger partial charge < -0.3 is 9.64 Å². The van der Waals surface area contributed by atoms with Crippen LogP contribution in [0.3, 0.4) is 0 Å². The predicted octanol–water partition coefficient (Wildman–Crippen LogP) is 3.02. The number of carbonyl (C=O) groups is 1. The van der Waals surface area contributed by atoms with E-state index in [1.807, 2.05) is 36.1 Å². The second-order valence-electron chi connectivity index (χ2n) is 4.31. The van der Waals surface area contributed by atoms with Crippen LogP contribution in [0.25, 0.3) is 0 Å². The molecular weight excluding hydrogens is 318 g/mol. The van der Waals surface area contributed by atoms with Crippen molar-refractivity contribution in [1.82, 2.24) is 4.90 Å². The predicted molar refractivity (Wildman–Crippen MR) is 75.1 cm³/mol. The molecule has 1 aromatic rings. The lowest BCUT2D eigenvalue weighted by atomic mass is 10.1. The summed E-state index contributed by atoms with van der Waals surface area (Å²) >= 11 is 9.17. The summed E-state index contributed by atoms with van der Waals surface area (Å²) in [4.78, 5) is 13.6. The van der Waals surface area contributed by atoms with Gasteiger partial charge in [-0.2, -0.15) is 0 Å². The summed E-state index contributed by atoms with van der Waals surface area (Å²) in [6, 6.07) is 7.57. The zero-order chi connectivity index (χ0) is 13.1. The first-order chi connectivity index (χ1) is 8.58. The van der Waals surface area contributed by atoms with Crippen molar-refractivity contribution < 1.29 is 9.53 Å². The number of amides is 1. The van der Waals surface area contributed by atoms with Gasteiger partial charge in [-0.3, -0.25) is 4.79 Å². The van der Waals surface area contributed by atoms with E-state index in [0.29, 0.717) is 24.7 Å². The highest BCUT2D eigenvalue weighted by atomic mass is 79.9. The molecule has 1 aliphatic rings. The van der Waals surface area contributed by atoms with Gasteiger partial charge in [0.05, 0.1) is 18.0 Å². The highest BCUT2D eigenvalue weighted by Crippen LogP contribution is 2.24. The number of halogens is 2. The topological polar surface area (TPSA) is 29.5 Å². The van der Waals surface area contributed by atoms with Crippen LogP contribution < -0.4 is 0 Å². The molecule has 1 aliphatic heterocycles. The normalized spacial score (nSPS) is 21.7. The highest BCUT2D eigenvalue weighted by molar-refractivity contribution is 9.10. The molecule has 0 unspecified atom stereocenters. The van der Waals surface area contributed by atoms with Crippen LogP contribution in [0, 0.1) is 0 Å². The zero-order valence-electron chi connectivity index (χ0n) is 10.1. The van der Waals surface area contributed by atoms with Gasteiger partial charge >= 0.3 is 0 Å². The number of ether oxygens (including phenoxy) is 1. The largest absolute Gasteiger partial charge is 0.370 e. The minimum absolute atomic E-state index is 0.0637. The van der Waals surface area contributed by atoms with Gasteiger partial charge in [0, 0.05) is 11.6 Å². The average molecular weight is 333 g/mol. The first kappa shape index (κ1) is 13.8. The number of benzene rings is 1. The zero-order valence-corrected chi connectivity index (χ0v) is 12.4. The third-order valence-electron chi connectivity index (χ3n) is 2.96. The number of alkyl halides is 1. The molecule has 1 saturated heterocycles. The lowest BCUT2D eigenvalue weighted by Crippen LogP contribution is -2.44. The van der Waals surface area contributed by atoms with Crippen molar-refractivity contribution in [2.24, 2.45) is 0 Å². The average Bonchev–Trinajstić information content (AvgIpc) is 2.38. The fraction of sp³-hybridized carbons (Fsp3) is 0.462. The minimum atomic E-state index is -0.151. The van der Waals surface area contributed by atoms with E-state index in [1.54, 1.807) is 0 Å². The van der Waals surface area contributed by atoms with E-state index in [4.69, 9.17) is 16.3 Å².